The molecule has 2 atom stereocenters. The Morgan fingerprint density at radius 1 is 1.41 bits per heavy atom. The summed E-state index contributed by atoms with van der Waals surface area (Å²) in [5.74, 6) is -0.653. The molecule has 0 aliphatic carbocycles. The third kappa shape index (κ3) is 3.98. The molecule has 1 rings (SSSR count). The van der Waals surface area contributed by atoms with E-state index < -0.39 is 23.5 Å². The maximum absolute atomic E-state index is 12.2. The van der Waals surface area contributed by atoms with E-state index in [0.717, 1.165) is 0 Å². The Bertz CT molecular complexity index is 594. The van der Waals surface area contributed by atoms with Crippen LogP contribution in [0.4, 0.5) is 0 Å². The summed E-state index contributed by atoms with van der Waals surface area (Å²) in [7, 11) is 1.27. The van der Waals surface area contributed by atoms with E-state index in [0.29, 0.717) is 17.7 Å². The molecule has 6 heteroatoms. The zero-order valence-electron chi connectivity index (χ0n) is 13.2. The highest BCUT2D eigenvalue weighted by Gasteiger charge is 2.35. The van der Waals surface area contributed by atoms with Crippen molar-refractivity contribution >= 4 is 11.9 Å². The molecule has 0 aliphatic heterocycles. The molecule has 0 aromatic heterocycles. The molecule has 118 valence electrons. The van der Waals surface area contributed by atoms with Crippen LogP contribution in [0.1, 0.15) is 32.8 Å². The molecule has 0 unspecified atom stereocenters. The zero-order chi connectivity index (χ0) is 16.8. The number of nitriles is 1. The predicted octanol–water partition coefficient (Wildman–Crippen LogP) is 1.78. The average molecular weight is 304 g/mol. The number of para-hydroxylation sites is 1. The smallest absolute Gasteiger partial charge is 0.331 e. The standard InChI is InChI=1S/C16H20N2O4/c1-5-16(3,15(20)21-4)18-14(19)11(2)22-13-9-7-6-8-12(13)10-17/h6-9,11H,5H2,1-4H3,(H,18,19)/t11-,16-/m0/s1. The lowest BCUT2D eigenvalue weighted by molar-refractivity contribution is -0.151. The number of ether oxygens (including phenoxy) is 2. The summed E-state index contributed by atoms with van der Waals surface area (Å²) < 4.78 is 10.2. The predicted molar refractivity (Wildman–Crippen MR) is 80.1 cm³/mol. The van der Waals surface area contributed by atoms with E-state index in [-0.39, 0.29) is 0 Å². The summed E-state index contributed by atoms with van der Waals surface area (Å²) in [6.07, 6.45) is -0.475. The fourth-order valence-corrected chi connectivity index (χ4v) is 1.79. The quantitative estimate of drug-likeness (QED) is 0.809. The summed E-state index contributed by atoms with van der Waals surface area (Å²) in [6.45, 7) is 4.91. The third-order valence-corrected chi connectivity index (χ3v) is 3.42. The number of benzene rings is 1. The minimum atomic E-state index is -1.11. The van der Waals surface area contributed by atoms with Crippen molar-refractivity contribution in [3.8, 4) is 11.8 Å². The normalized spacial score (nSPS) is 14.1. The van der Waals surface area contributed by atoms with Gasteiger partial charge in [-0.1, -0.05) is 19.1 Å². The van der Waals surface area contributed by atoms with E-state index in [1.807, 2.05) is 6.07 Å². The molecular weight excluding hydrogens is 284 g/mol. The number of hydrogen-bond donors (Lipinski definition) is 1. The minimum absolute atomic E-state index is 0.323. The van der Waals surface area contributed by atoms with Gasteiger partial charge in [0.1, 0.15) is 17.4 Å². The Labute approximate surface area is 130 Å². The molecule has 0 saturated heterocycles. The molecule has 1 N–H and O–H groups in total. The zero-order valence-corrected chi connectivity index (χ0v) is 13.2. The van der Waals surface area contributed by atoms with E-state index >= 15 is 0 Å². The summed E-state index contributed by atoms with van der Waals surface area (Å²) in [4.78, 5) is 24.0. The van der Waals surface area contributed by atoms with Gasteiger partial charge in [-0.05, 0) is 32.4 Å². The van der Waals surface area contributed by atoms with Gasteiger partial charge in [0.2, 0.25) is 0 Å². The van der Waals surface area contributed by atoms with Crippen molar-refractivity contribution < 1.29 is 19.1 Å². The number of carbonyl (C=O) groups is 2. The van der Waals surface area contributed by atoms with Crippen LogP contribution in [-0.4, -0.2) is 30.6 Å². The molecule has 0 heterocycles. The van der Waals surface area contributed by atoms with Crippen molar-refractivity contribution in [3.63, 3.8) is 0 Å². The first kappa shape index (κ1) is 17.5. The van der Waals surface area contributed by atoms with Crippen LogP contribution < -0.4 is 10.1 Å². The van der Waals surface area contributed by atoms with E-state index in [2.05, 4.69) is 5.32 Å². The number of carbonyl (C=O) groups excluding carboxylic acids is 2. The van der Waals surface area contributed by atoms with Gasteiger partial charge in [0, 0.05) is 0 Å². The highest BCUT2D eigenvalue weighted by atomic mass is 16.5. The Hall–Kier alpha value is -2.55. The summed E-state index contributed by atoms with van der Waals surface area (Å²) in [5, 5.41) is 11.6. The number of nitrogens with zero attached hydrogens (tertiary/aromatic N) is 1. The van der Waals surface area contributed by atoms with Crippen LogP contribution >= 0.6 is 0 Å². The lowest BCUT2D eigenvalue weighted by Gasteiger charge is -2.28. The number of esters is 1. The SMILES string of the molecule is CC[C@](C)(NC(=O)[C@H](C)Oc1ccccc1C#N)C(=O)OC. The van der Waals surface area contributed by atoms with Gasteiger partial charge in [-0.25, -0.2) is 4.79 Å². The van der Waals surface area contributed by atoms with Crippen LogP contribution in [0.25, 0.3) is 0 Å². The first-order valence-corrected chi connectivity index (χ1v) is 6.94. The fraction of sp³-hybridized carbons (Fsp3) is 0.438. The minimum Gasteiger partial charge on any atom is -0.480 e. The molecule has 1 amide bonds. The Kier molecular flexibility index (Phi) is 5.93. The molecule has 6 nitrogen and oxygen atoms in total. The van der Waals surface area contributed by atoms with Gasteiger partial charge in [-0.2, -0.15) is 5.26 Å². The summed E-state index contributed by atoms with van der Waals surface area (Å²) in [5.41, 5.74) is -0.772. The lowest BCUT2D eigenvalue weighted by atomic mass is 9.99. The molecule has 1 aromatic carbocycles. The van der Waals surface area contributed by atoms with Gasteiger partial charge in [-0.15, -0.1) is 0 Å². The maximum Gasteiger partial charge on any atom is 0.331 e. The monoisotopic (exact) mass is 304 g/mol. The van der Waals surface area contributed by atoms with Gasteiger partial charge < -0.3 is 14.8 Å². The van der Waals surface area contributed by atoms with Gasteiger partial charge >= 0.3 is 5.97 Å². The molecular formula is C16H20N2O4. The second kappa shape index (κ2) is 7.46. The molecule has 0 spiro atoms. The number of hydrogen-bond acceptors (Lipinski definition) is 5. The van der Waals surface area contributed by atoms with Gasteiger partial charge in [0.15, 0.2) is 6.10 Å². The fourth-order valence-electron chi connectivity index (χ4n) is 1.79. The number of methoxy groups -OCH3 is 1. The lowest BCUT2D eigenvalue weighted by Crippen LogP contribution is -2.55. The number of amides is 1. The van der Waals surface area contributed by atoms with E-state index in [4.69, 9.17) is 14.7 Å². The van der Waals surface area contributed by atoms with Crippen molar-refractivity contribution in [3.05, 3.63) is 29.8 Å². The second-order valence-electron chi connectivity index (χ2n) is 5.03. The van der Waals surface area contributed by atoms with Crippen molar-refractivity contribution in [1.82, 2.24) is 5.32 Å². The largest absolute Gasteiger partial charge is 0.480 e. The highest BCUT2D eigenvalue weighted by Crippen LogP contribution is 2.19. The van der Waals surface area contributed by atoms with Gasteiger partial charge in [-0.3, -0.25) is 4.79 Å². The van der Waals surface area contributed by atoms with E-state index in [1.165, 1.54) is 7.11 Å². The summed E-state index contributed by atoms with van der Waals surface area (Å²) >= 11 is 0. The van der Waals surface area contributed by atoms with E-state index in [9.17, 15) is 9.59 Å². The molecule has 1 aromatic rings. The number of nitrogens with one attached hydrogen (secondary N) is 1. The van der Waals surface area contributed by atoms with Gasteiger partial charge in [0.05, 0.1) is 12.7 Å². The average Bonchev–Trinajstić information content (AvgIpc) is 2.54. The first-order chi connectivity index (χ1) is 10.4. The summed E-state index contributed by atoms with van der Waals surface area (Å²) in [6, 6.07) is 8.63. The van der Waals surface area contributed by atoms with Crippen LogP contribution in [0.2, 0.25) is 0 Å². The van der Waals surface area contributed by atoms with Crippen molar-refractivity contribution in [2.75, 3.05) is 7.11 Å². The molecule has 0 saturated carbocycles. The molecule has 22 heavy (non-hydrogen) atoms. The van der Waals surface area contributed by atoms with Crippen LogP contribution in [0.15, 0.2) is 24.3 Å². The number of rotatable bonds is 6. The first-order valence-electron chi connectivity index (χ1n) is 6.94. The molecule has 0 fully saturated rings. The Morgan fingerprint density at radius 2 is 2.05 bits per heavy atom. The van der Waals surface area contributed by atoms with Gasteiger partial charge in [0.25, 0.3) is 5.91 Å². The van der Waals surface area contributed by atoms with Crippen LogP contribution in [0.5, 0.6) is 5.75 Å². The van der Waals surface area contributed by atoms with Crippen molar-refractivity contribution in [2.45, 2.75) is 38.8 Å². The van der Waals surface area contributed by atoms with Crippen LogP contribution in [0.3, 0.4) is 0 Å². The van der Waals surface area contributed by atoms with Crippen LogP contribution in [0, 0.1) is 11.3 Å². The highest BCUT2D eigenvalue weighted by molar-refractivity contribution is 5.89. The molecule has 0 aliphatic rings. The maximum atomic E-state index is 12.2. The van der Waals surface area contributed by atoms with E-state index in [1.54, 1.807) is 45.0 Å². The molecule has 0 bridgehead atoms. The van der Waals surface area contributed by atoms with Crippen molar-refractivity contribution in [1.29, 1.82) is 5.26 Å². The van der Waals surface area contributed by atoms with Crippen molar-refractivity contribution in [2.24, 2.45) is 0 Å². The Balaban J connectivity index is 2.81. The molecule has 0 radical (unpaired) electrons. The van der Waals surface area contributed by atoms with Crippen LogP contribution in [-0.2, 0) is 14.3 Å². The third-order valence-electron chi connectivity index (χ3n) is 3.42. The second-order valence-corrected chi connectivity index (χ2v) is 5.03. The Morgan fingerprint density at radius 3 is 2.59 bits per heavy atom. The topological polar surface area (TPSA) is 88.4 Å².